The Hall–Kier alpha value is -2.26. The number of likely N-dealkylation sites (tertiary alicyclic amines) is 2. The molecule has 0 aromatic heterocycles. The van der Waals surface area contributed by atoms with Crippen molar-refractivity contribution in [3.05, 3.63) is 29.8 Å². The lowest BCUT2D eigenvalue weighted by atomic mass is 9.86. The minimum Gasteiger partial charge on any atom is -0.492 e. The van der Waals surface area contributed by atoms with Crippen LogP contribution in [0.3, 0.4) is 0 Å². The minimum atomic E-state index is -0.252. The summed E-state index contributed by atoms with van der Waals surface area (Å²) in [6.45, 7) is 4.39. The number of urea groups is 1. The molecule has 2 aliphatic heterocycles. The van der Waals surface area contributed by atoms with Gasteiger partial charge in [0.25, 0.3) is 0 Å². The number of benzene rings is 1. The van der Waals surface area contributed by atoms with Crippen LogP contribution in [0.5, 0.6) is 5.75 Å². The zero-order chi connectivity index (χ0) is 19.1. The van der Waals surface area contributed by atoms with E-state index in [4.69, 9.17) is 15.7 Å². The molecule has 27 heavy (non-hydrogen) atoms. The van der Waals surface area contributed by atoms with E-state index in [1.165, 1.54) is 12.8 Å². The Morgan fingerprint density at radius 3 is 2.74 bits per heavy atom. The molecule has 1 unspecified atom stereocenters. The smallest absolute Gasteiger partial charge is 0.315 e. The number of nitrogens with two attached hydrogens (primary N) is 1. The second-order valence-corrected chi connectivity index (χ2v) is 7.62. The SMILES string of the molecule is N#Cc1cccc(OCCN2CCC(C3CCCCCN3C(N)=O)CC2)c1. The third-order valence-corrected chi connectivity index (χ3v) is 5.90. The second-order valence-electron chi connectivity index (χ2n) is 7.62. The molecule has 1 aromatic carbocycles. The molecule has 2 saturated heterocycles. The van der Waals surface area contributed by atoms with E-state index >= 15 is 0 Å². The minimum absolute atomic E-state index is 0.252. The second kappa shape index (κ2) is 9.61. The molecule has 0 aliphatic carbocycles. The Kier molecular flexibility index (Phi) is 6.94. The van der Waals surface area contributed by atoms with Crippen molar-refractivity contribution < 1.29 is 9.53 Å². The van der Waals surface area contributed by atoms with Gasteiger partial charge in [-0.2, -0.15) is 5.26 Å². The lowest BCUT2D eigenvalue weighted by molar-refractivity contribution is 0.0969. The number of carbonyl (C=O) groups is 1. The molecule has 0 radical (unpaired) electrons. The first-order valence-corrected chi connectivity index (χ1v) is 10.1. The van der Waals surface area contributed by atoms with Crippen LogP contribution in [0, 0.1) is 17.2 Å². The number of nitrogens with zero attached hydrogens (tertiary/aromatic N) is 3. The molecular formula is C21H30N4O2. The van der Waals surface area contributed by atoms with E-state index in [1.807, 2.05) is 17.0 Å². The summed E-state index contributed by atoms with van der Waals surface area (Å²) in [5.74, 6) is 1.31. The van der Waals surface area contributed by atoms with Gasteiger partial charge in [-0.05, 0) is 62.9 Å². The van der Waals surface area contributed by atoms with Crippen LogP contribution in [-0.4, -0.2) is 54.7 Å². The van der Waals surface area contributed by atoms with Gasteiger partial charge in [0, 0.05) is 19.1 Å². The molecule has 146 valence electrons. The van der Waals surface area contributed by atoms with Crippen LogP contribution >= 0.6 is 0 Å². The summed E-state index contributed by atoms with van der Waals surface area (Å²) in [6.07, 6.45) is 6.78. The van der Waals surface area contributed by atoms with Gasteiger partial charge in [-0.15, -0.1) is 0 Å². The Balaban J connectivity index is 1.44. The fourth-order valence-corrected chi connectivity index (χ4v) is 4.41. The van der Waals surface area contributed by atoms with Crippen molar-refractivity contribution >= 4 is 6.03 Å². The first-order chi connectivity index (χ1) is 13.2. The average Bonchev–Trinajstić information content (AvgIpc) is 2.95. The molecule has 1 atom stereocenters. The predicted octanol–water partition coefficient (Wildman–Crippen LogP) is 2.97. The number of primary amides is 1. The Morgan fingerprint density at radius 1 is 1.19 bits per heavy atom. The van der Waals surface area contributed by atoms with E-state index in [0.29, 0.717) is 24.1 Å². The monoisotopic (exact) mass is 370 g/mol. The fraction of sp³-hybridized carbons (Fsp3) is 0.619. The summed E-state index contributed by atoms with van der Waals surface area (Å²) in [6, 6.07) is 9.48. The van der Waals surface area contributed by atoms with Gasteiger partial charge in [-0.3, -0.25) is 4.90 Å². The maximum atomic E-state index is 11.8. The lowest BCUT2D eigenvalue weighted by Gasteiger charge is -2.40. The quantitative estimate of drug-likeness (QED) is 0.864. The molecule has 0 spiro atoms. The van der Waals surface area contributed by atoms with E-state index < -0.39 is 0 Å². The van der Waals surface area contributed by atoms with Crippen LogP contribution in [0.4, 0.5) is 4.79 Å². The van der Waals surface area contributed by atoms with E-state index in [1.54, 1.807) is 12.1 Å². The topological polar surface area (TPSA) is 82.6 Å². The van der Waals surface area contributed by atoms with Crippen molar-refractivity contribution in [3.8, 4) is 11.8 Å². The average molecular weight is 370 g/mol. The summed E-state index contributed by atoms with van der Waals surface area (Å²) in [4.78, 5) is 16.2. The Labute approximate surface area is 161 Å². The van der Waals surface area contributed by atoms with Gasteiger partial charge in [0.1, 0.15) is 12.4 Å². The first kappa shape index (κ1) is 19.5. The molecule has 0 bridgehead atoms. The molecule has 2 N–H and O–H groups in total. The first-order valence-electron chi connectivity index (χ1n) is 10.1. The molecule has 0 saturated carbocycles. The molecule has 6 heteroatoms. The van der Waals surface area contributed by atoms with Crippen LogP contribution in [0.2, 0.25) is 0 Å². The van der Waals surface area contributed by atoms with E-state index in [2.05, 4.69) is 11.0 Å². The summed E-state index contributed by atoms with van der Waals surface area (Å²) >= 11 is 0. The molecule has 2 aliphatic rings. The van der Waals surface area contributed by atoms with E-state index in [-0.39, 0.29) is 6.03 Å². The highest BCUT2D eigenvalue weighted by molar-refractivity contribution is 5.72. The Bertz CT molecular complexity index is 664. The van der Waals surface area contributed by atoms with Crippen molar-refractivity contribution in [1.29, 1.82) is 5.26 Å². The van der Waals surface area contributed by atoms with Gasteiger partial charge in [0.05, 0.1) is 11.6 Å². The lowest BCUT2D eigenvalue weighted by Crippen LogP contribution is -2.49. The van der Waals surface area contributed by atoms with Crippen molar-refractivity contribution in [1.82, 2.24) is 9.80 Å². The van der Waals surface area contributed by atoms with Gasteiger partial charge in [-0.1, -0.05) is 18.9 Å². The number of ether oxygens (including phenoxy) is 1. The van der Waals surface area contributed by atoms with Crippen LogP contribution in [-0.2, 0) is 0 Å². The largest absolute Gasteiger partial charge is 0.492 e. The number of carbonyl (C=O) groups excluding carboxylic acids is 1. The molecule has 2 heterocycles. The summed E-state index contributed by atoms with van der Waals surface area (Å²) in [5, 5.41) is 8.95. The molecule has 2 fully saturated rings. The van der Waals surface area contributed by atoms with Crippen molar-refractivity contribution in [2.45, 2.75) is 44.6 Å². The van der Waals surface area contributed by atoms with Gasteiger partial charge in [0.15, 0.2) is 0 Å². The van der Waals surface area contributed by atoms with Crippen molar-refractivity contribution in [2.24, 2.45) is 11.7 Å². The normalized spacial score (nSPS) is 22.0. The summed E-state index contributed by atoms with van der Waals surface area (Å²) in [7, 11) is 0. The molecule has 1 aromatic rings. The van der Waals surface area contributed by atoms with Crippen molar-refractivity contribution in [2.75, 3.05) is 32.8 Å². The molecule has 2 amide bonds. The Morgan fingerprint density at radius 2 is 2.00 bits per heavy atom. The number of hydrogen-bond donors (Lipinski definition) is 1. The number of amides is 2. The molecule has 6 nitrogen and oxygen atoms in total. The van der Waals surface area contributed by atoms with Gasteiger partial charge >= 0.3 is 6.03 Å². The van der Waals surface area contributed by atoms with Gasteiger partial charge in [0.2, 0.25) is 0 Å². The highest BCUT2D eigenvalue weighted by atomic mass is 16.5. The number of nitriles is 1. The van der Waals surface area contributed by atoms with Crippen LogP contribution in [0.25, 0.3) is 0 Å². The highest BCUT2D eigenvalue weighted by Gasteiger charge is 2.33. The fourth-order valence-electron chi connectivity index (χ4n) is 4.41. The zero-order valence-corrected chi connectivity index (χ0v) is 16.0. The van der Waals surface area contributed by atoms with Crippen LogP contribution < -0.4 is 10.5 Å². The third-order valence-electron chi connectivity index (χ3n) is 5.90. The van der Waals surface area contributed by atoms with E-state index in [9.17, 15) is 4.79 Å². The number of hydrogen-bond acceptors (Lipinski definition) is 4. The predicted molar refractivity (Wildman–Crippen MR) is 104 cm³/mol. The number of rotatable bonds is 5. The molecule has 3 rings (SSSR count). The standard InChI is InChI=1S/C21H30N4O2/c22-16-17-5-4-6-19(15-17)27-14-13-24-11-8-18(9-12-24)20-7-2-1-3-10-25(20)21(23)26/h4-6,15,18,20H,1-3,7-14H2,(H2,23,26). The zero-order valence-electron chi connectivity index (χ0n) is 16.0. The van der Waals surface area contributed by atoms with Gasteiger partial charge < -0.3 is 15.4 Å². The number of piperidine rings is 1. The summed E-state index contributed by atoms with van der Waals surface area (Å²) in [5.41, 5.74) is 6.26. The maximum absolute atomic E-state index is 11.8. The maximum Gasteiger partial charge on any atom is 0.315 e. The van der Waals surface area contributed by atoms with Crippen LogP contribution in [0.1, 0.15) is 44.1 Å². The third kappa shape index (κ3) is 5.36. The summed E-state index contributed by atoms with van der Waals surface area (Å²) < 4.78 is 5.80. The molecular weight excluding hydrogens is 340 g/mol. The van der Waals surface area contributed by atoms with Crippen molar-refractivity contribution in [3.63, 3.8) is 0 Å². The van der Waals surface area contributed by atoms with Crippen LogP contribution in [0.15, 0.2) is 24.3 Å². The van der Waals surface area contributed by atoms with E-state index in [0.717, 1.165) is 57.6 Å². The van der Waals surface area contributed by atoms with Gasteiger partial charge in [-0.25, -0.2) is 4.79 Å². The highest BCUT2D eigenvalue weighted by Crippen LogP contribution is 2.29.